The van der Waals surface area contributed by atoms with Crippen LogP contribution in [0.4, 0.5) is 26.3 Å². The quantitative estimate of drug-likeness (QED) is 0.436. The number of benzene rings is 1. The highest BCUT2D eigenvalue weighted by Gasteiger charge is 2.44. The molecule has 2 aromatic rings. The molecule has 36 heavy (non-hydrogen) atoms. The van der Waals surface area contributed by atoms with Gasteiger partial charge in [0.2, 0.25) is 11.7 Å². The number of amides is 2. The van der Waals surface area contributed by atoms with Crippen molar-refractivity contribution in [1.82, 2.24) is 19.8 Å². The van der Waals surface area contributed by atoms with Crippen LogP contribution in [0.5, 0.6) is 0 Å². The van der Waals surface area contributed by atoms with E-state index in [4.69, 9.17) is 5.73 Å². The maximum atomic E-state index is 14.0. The molecule has 2 amide bonds. The van der Waals surface area contributed by atoms with Gasteiger partial charge in [0.1, 0.15) is 5.82 Å². The van der Waals surface area contributed by atoms with Gasteiger partial charge in [-0.2, -0.15) is 13.2 Å². The number of hydrogen-bond donors (Lipinski definition) is 2. The Morgan fingerprint density at radius 2 is 1.83 bits per heavy atom. The molecule has 2 heterocycles. The van der Waals surface area contributed by atoms with E-state index in [0.29, 0.717) is 18.6 Å². The number of nitrogens with zero attached hydrogens (tertiary/aromatic N) is 3. The van der Waals surface area contributed by atoms with Gasteiger partial charge in [-0.1, -0.05) is 12.8 Å². The third-order valence-electron chi connectivity index (χ3n) is 6.55. The molecule has 0 spiro atoms. The Morgan fingerprint density at radius 1 is 1.17 bits per heavy atom. The minimum atomic E-state index is -4.80. The minimum absolute atomic E-state index is 0.0395. The van der Waals surface area contributed by atoms with Crippen molar-refractivity contribution in [1.29, 1.82) is 0 Å². The lowest BCUT2D eigenvalue weighted by atomic mass is 10.00. The number of fused-ring (bicyclic) bond motifs is 1. The molecule has 1 fully saturated rings. The summed E-state index contributed by atoms with van der Waals surface area (Å²) in [6.07, 6.45) is -3.08. The number of imidazole rings is 1. The summed E-state index contributed by atoms with van der Waals surface area (Å²) in [6.45, 7) is -0.474. The average Bonchev–Trinajstić information content (AvgIpc) is 3.52. The Bertz CT molecular complexity index is 1180. The number of aromatic nitrogens is 2. The molecule has 4 rings (SSSR count). The van der Waals surface area contributed by atoms with Gasteiger partial charge < -0.3 is 20.5 Å². The Hall–Kier alpha value is -3.09. The highest BCUT2D eigenvalue weighted by atomic mass is 19.4. The molecule has 0 saturated heterocycles. The van der Waals surface area contributed by atoms with Crippen LogP contribution in [-0.2, 0) is 30.5 Å². The molecule has 1 saturated carbocycles. The Balaban J connectivity index is 1.59. The normalized spacial score (nSPS) is 18.7. The first-order chi connectivity index (χ1) is 16.9. The topological polar surface area (TPSA) is 93.2 Å². The number of nitrogens with two attached hydrogens (primary N) is 1. The molecule has 1 unspecified atom stereocenters. The zero-order valence-electron chi connectivity index (χ0n) is 19.3. The molecule has 13 heteroatoms. The zero-order valence-corrected chi connectivity index (χ0v) is 19.3. The third kappa shape index (κ3) is 5.35. The number of halogens is 6. The Labute approximate surface area is 202 Å². The number of rotatable bonds is 7. The van der Waals surface area contributed by atoms with Crippen molar-refractivity contribution in [2.24, 2.45) is 11.7 Å². The molecule has 7 nitrogen and oxygen atoms in total. The molecule has 196 valence electrons. The molecular formula is C23H25F6N5O2. The monoisotopic (exact) mass is 517 g/mol. The van der Waals surface area contributed by atoms with Gasteiger partial charge >= 0.3 is 6.18 Å². The van der Waals surface area contributed by atoms with E-state index in [1.165, 1.54) is 11.9 Å². The van der Waals surface area contributed by atoms with Crippen molar-refractivity contribution in [3.63, 3.8) is 0 Å². The van der Waals surface area contributed by atoms with Crippen molar-refractivity contribution in [3.05, 3.63) is 52.4 Å². The second-order valence-corrected chi connectivity index (χ2v) is 9.30. The van der Waals surface area contributed by atoms with Crippen LogP contribution in [-0.4, -0.2) is 45.4 Å². The van der Waals surface area contributed by atoms with E-state index >= 15 is 0 Å². The summed E-state index contributed by atoms with van der Waals surface area (Å²) in [5, 5.41) is 2.27. The maximum absolute atomic E-state index is 14.0. The molecule has 1 aromatic carbocycles. The van der Waals surface area contributed by atoms with Crippen LogP contribution in [0.25, 0.3) is 0 Å². The van der Waals surface area contributed by atoms with Gasteiger partial charge in [0.25, 0.3) is 5.91 Å². The molecule has 2 atom stereocenters. The van der Waals surface area contributed by atoms with Crippen LogP contribution < -0.4 is 11.1 Å². The highest BCUT2D eigenvalue weighted by Crippen LogP contribution is 2.39. The largest absolute Gasteiger partial charge is 0.449 e. The van der Waals surface area contributed by atoms with E-state index in [-0.39, 0.29) is 43.1 Å². The van der Waals surface area contributed by atoms with Crippen molar-refractivity contribution in [2.75, 3.05) is 7.05 Å². The minimum Gasteiger partial charge on any atom is -0.354 e. The summed E-state index contributed by atoms with van der Waals surface area (Å²) in [5.74, 6) is -5.84. The fourth-order valence-corrected chi connectivity index (χ4v) is 4.61. The second kappa shape index (κ2) is 9.75. The van der Waals surface area contributed by atoms with Gasteiger partial charge in [0, 0.05) is 32.1 Å². The number of alkyl halides is 3. The van der Waals surface area contributed by atoms with E-state index in [2.05, 4.69) is 10.3 Å². The molecule has 0 radical (unpaired) electrons. The first kappa shape index (κ1) is 26.0. The van der Waals surface area contributed by atoms with Crippen molar-refractivity contribution >= 4 is 11.8 Å². The predicted molar refractivity (Wildman–Crippen MR) is 115 cm³/mol. The number of hydrogen-bond acceptors (Lipinski definition) is 4. The summed E-state index contributed by atoms with van der Waals surface area (Å²) in [6, 6.07) is -0.472. The summed E-state index contributed by atoms with van der Waals surface area (Å²) in [4.78, 5) is 30.5. The van der Waals surface area contributed by atoms with Crippen molar-refractivity contribution in [3.8, 4) is 0 Å². The standard InChI is InChI=1S/C23H25F6N5O2/c1-31-21(36)20-18-10-33(14(4-11-2-3-11)9-34(18)22(32-20)23(27,28)29)19(35)7-13(30)5-12-6-16(25)17(26)8-15(12)24/h6,8,11,13-14H,2-5,7,9-10,30H2,1H3,(H,31,36)/t13-,14?/m1/s1. The summed E-state index contributed by atoms with van der Waals surface area (Å²) in [7, 11) is 1.26. The van der Waals surface area contributed by atoms with Gasteiger partial charge in [0.15, 0.2) is 17.3 Å². The van der Waals surface area contributed by atoms with Crippen LogP contribution >= 0.6 is 0 Å². The Kier molecular flexibility index (Phi) is 7.04. The SMILES string of the molecule is CNC(=O)c1nc(C(F)(F)F)n2c1CN(C(=O)C[C@H](N)Cc1cc(F)c(F)cc1F)C(CC1CC1)C2. The fraction of sp³-hybridized carbons (Fsp3) is 0.522. The lowest BCUT2D eigenvalue weighted by Crippen LogP contribution is -2.49. The van der Waals surface area contributed by atoms with Gasteiger partial charge in [-0.05, 0) is 30.4 Å². The summed E-state index contributed by atoms with van der Waals surface area (Å²) in [5.41, 5.74) is 5.37. The van der Waals surface area contributed by atoms with Crippen LogP contribution in [0, 0.1) is 23.4 Å². The molecule has 1 aliphatic carbocycles. The summed E-state index contributed by atoms with van der Waals surface area (Å²) >= 11 is 0. The van der Waals surface area contributed by atoms with E-state index < -0.39 is 59.0 Å². The zero-order chi connectivity index (χ0) is 26.4. The first-order valence-electron chi connectivity index (χ1n) is 11.5. The first-order valence-corrected chi connectivity index (χ1v) is 11.5. The third-order valence-corrected chi connectivity index (χ3v) is 6.55. The lowest BCUT2D eigenvalue weighted by molar-refractivity contribution is -0.149. The highest BCUT2D eigenvalue weighted by molar-refractivity contribution is 5.93. The molecule has 3 N–H and O–H groups in total. The maximum Gasteiger partial charge on any atom is 0.449 e. The fourth-order valence-electron chi connectivity index (χ4n) is 4.61. The van der Waals surface area contributed by atoms with Crippen LogP contribution in [0.3, 0.4) is 0 Å². The molecule has 1 aliphatic heterocycles. The molecular weight excluding hydrogens is 492 g/mol. The van der Waals surface area contributed by atoms with Crippen molar-refractivity contribution in [2.45, 2.75) is 63.5 Å². The lowest BCUT2D eigenvalue weighted by Gasteiger charge is -2.38. The van der Waals surface area contributed by atoms with Gasteiger partial charge in [-0.15, -0.1) is 0 Å². The number of carbonyl (C=O) groups is 2. The summed E-state index contributed by atoms with van der Waals surface area (Å²) < 4.78 is 82.8. The molecule has 1 aromatic heterocycles. The Morgan fingerprint density at radius 3 is 2.44 bits per heavy atom. The average molecular weight is 517 g/mol. The van der Waals surface area contributed by atoms with Crippen molar-refractivity contribution < 1.29 is 35.9 Å². The second-order valence-electron chi connectivity index (χ2n) is 9.30. The van der Waals surface area contributed by atoms with E-state index in [1.807, 2.05) is 0 Å². The predicted octanol–water partition coefficient (Wildman–Crippen LogP) is 3.15. The number of nitrogens with one attached hydrogen (secondary N) is 1. The van der Waals surface area contributed by atoms with E-state index in [1.54, 1.807) is 0 Å². The molecule has 0 bridgehead atoms. The van der Waals surface area contributed by atoms with E-state index in [9.17, 15) is 35.9 Å². The van der Waals surface area contributed by atoms with Crippen LogP contribution in [0.2, 0.25) is 0 Å². The van der Waals surface area contributed by atoms with Gasteiger partial charge in [-0.25, -0.2) is 18.2 Å². The molecule has 2 aliphatic rings. The van der Waals surface area contributed by atoms with Gasteiger partial charge in [0.05, 0.1) is 18.3 Å². The van der Waals surface area contributed by atoms with Crippen LogP contribution in [0.1, 0.15) is 53.3 Å². The number of carbonyl (C=O) groups excluding carboxylic acids is 2. The smallest absolute Gasteiger partial charge is 0.354 e. The van der Waals surface area contributed by atoms with Gasteiger partial charge in [-0.3, -0.25) is 9.59 Å². The van der Waals surface area contributed by atoms with E-state index in [0.717, 1.165) is 17.4 Å². The van der Waals surface area contributed by atoms with Crippen LogP contribution in [0.15, 0.2) is 12.1 Å².